The zero-order valence-electron chi connectivity index (χ0n) is 10.1. The van der Waals surface area contributed by atoms with Gasteiger partial charge >= 0.3 is 0 Å². The van der Waals surface area contributed by atoms with Crippen LogP contribution >= 0.6 is 11.6 Å². The van der Waals surface area contributed by atoms with Crippen LogP contribution in [0.25, 0.3) is 0 Å². The van der Waals surface area contributed by atoms with Crippen molar-refractivity contribution in [3.8, 4) is 0 Å². The Bertz CT molecular complexity index is 416. The van der Waals surface area contributed by atoms with E-state index in [1.165, 1.54) is 0 Å². The molecule has 0 aromatic heterocycles. The van der Waals surface area contributed by atoms with Gasteiger partial charge in [-0.05, 0) is 56.0 Å². The van der Waals surface area contributed by atoms with Gasteiger partial charge < -0.3 is 11.1 Å². The number of hydrogen-bond acceptors (Lipinski definition) is 2. The van der Waals surface area contributed by atoms with Crippen LogP contribution in [0.15, 0.2) is 12.1 Å². The van der Waals surface area contributed by atoms with Gasteiger partial charge in [-0.15, -0.1) is 0 Å². The third-order valence-electron chi connectivity index (χ3n) is 3.61. The van der Waals surface area contributed by atoms with E-state index in [1.807, 2.05) is 7.05 Å². The predicted molar refractivity (Wildman–Crippen MR) is 68.6 cm³/mol. The first kappa shape index (κ1) is 12.8. The van der Waals surface area contributed by atoms with E-state index in [4.69, 9.17) is 17.3 Å². The first-order chi connectivity index (χ1) is 8.02. The fourth-order valence-electron chi connectivity index (χ4n) is 2.53. The Kier molecular flexibility index (Phi) is 3.71. The zero-order chi connectivity index (χ0) is 12.6. The summed E-state index contributed by atoms with van der Waals surface area (Å²) in [6.45, 7) is 1.72. The molecule has 0 amide bonds. The summed E-state index contributed by atoms with van der Waals surface area (Å²) in [5.41, 5.74) is 7.22. The van der Waals surface area contributed by atoms with Gasteiger partial charge in [-0.25, -0.2) is 4.39 Å². The van der Waals surface area contributed by atoms with Crippen molar-refractivity contribution in [2.45, 2.75) is 31.8 Å². The van der Waals surface area contributed by atoms with E-state index < -0.39 is 0 Å². The summed E-state index contributed by atoms with van der Waals surface area (Å²) in [7, 11) is 1.88. The summed E-state index contributed by atoms with van der Waals surface area (Å²) in [5.74, 6) is 0.253. The van der Waals surface area contributed by atoms with Gasteiger partial charge in [0.15, 0.2) is 0 Å². The predicted octanol–water partition coefficient (Wildman–Crippen LogP) is 2.79. The van der Waals surface area contributed by atoms with Crippen molar-refractivity contribution in [3.63, 3.8) is 0 Å². The number of halogens is 2. The first-order valence-electron chi connectivity index (χ1n) is 5.91. The van der Waals surface area contributed by atoms with E-state index in [1.54, 1.807) is 19.1 Å². The van der Waals surface area contributed by atoms with Crippen LogP contribution in [0.4, 0.5) is 4.39 Å². The van der Waals surface area contributed by atoms with Crippen LogP contribution in [0.1, 0.15) is 30.0 Å². The lowest BCUT2D eigenvalue weighted by Gasteiger charge is -2.39. The molecule has 1 aliphatic carbocycles. The van der Waals surface area contributed by atoms with Crippen LogP contribution in [0.5, 0.6) is 0 Å². The summed E-state index contributed by atoms with van der Waals surface area (Å²) >= 11 is 6.20. The molecule has 1 atom stereocenters. The third-order valence-corrected chi connectivity index (χ3v) is 3.93. The van der Waals surface area contributed by atoms with Crippen LogP contribution in [0, 0.1) is 18.7 Å². The molecular formula is C13H18ClFN2. The van der Waals surface area contributed by atoms with E-state index in [9.17, 15) is 4.39 Å². The van der Waals surface area contributed by atoms with Crippen molar-refractivity contribution in [1.29, 1.82) is 0 Å². The molecule has 17 heavy (non-hydrogen) atoms. The fourth-order valence-corrected chi connectivity index (χ4v) is 2.86. The van der Waals surface area contributed by atoms with Crippen LogP contribution in [0.3, 0.4) is 0 Å². The molecule has 0 spiro atoms. The molecule has 0 saturated heterocycles. The Hall–Kier alpha value is -0.640. The normalized spacial score (nSPS) is 25.5. The van der Waals surface area contributed by atoms with Crippen molar-refractivity contribution in [2.24, 2.45) is 11.7 Å². The highest BCUT2D eigenvalue weighted by atomic mass is 35.5. The Balaban J connectivity index is 2.27. The third kappa shape index (κ3) is 2.46. The molecule has 3 N–H and O–H groups in total. The second-order valence-electron chi connectivity index (χ2n) is 4.88. The standard InChI is InChI=1S/C13H18ClFN2/c1-7-3-11(14)10(6-12(7)15)13(17-2)8-4-9(16)5-8/h3,6,8-9,13,17H,4-5,16H2,1-2H3. The number of benzene rings is 1. The quantitative estimate of drug-likeness (QED) is 0.873. The number of aryl methyl sites for hydroxylation is 1. The first-order valence-corrected chi connectivity index (χ1v) is 6.29. The van der Waals surface area contributed by atoms with Crippen molar-refractivity contribution < 1.29 is 4.39 Å². The molecule has 1 aromatic rings. The molecule has 0 heterocycles. The molecule has 1 fully saturated rings. The minimum absolute atomic E-state index is 0.0948. The maximum Gasteiger partial charge on any atom is 0.126 e. The van der Waals surface area contributed by atoms with Crippen LogP contribution in [-0.4, -0.2) is 13.1 Å². The van der Waals surface area contributed by atoms with Gasteiger partial charge in [-0.2, -0.15) is 0 Å². The minimum Gasteiger partial charge on any atom is -0.328 e. The van der Waals surface area contributed by atoms with E-state index >= 15 is 0 Å². The molecule has 1 aromatic carbocycles. The van der Waals surface area contributed by atoms with Gasteiger partial charge in [0.05, 0.1) is 0 Å². The van der Waals surface area contributed by atoms with E-state index in [0.717, 1.165) is 18.4 Å². The summed E-state index contributed by atoms with van der Waals surface area (Å²) in [4.78, 5) is 0. The van der Waals surface area contributed by atoms with Crippen molar-refractivity contribution >= 4 is 11.6 Å². The number of nitrogens with two attached hydrogens (primary N) is 1. The van der Waals surface area contributed by atoms with Gasteiger partial charge in [-0.3, -0.25) is 0 Å². The molecule has 2 rings (SSSR count). The second kappa shape index (κ2) is 4.92. The average Bonchev–Trinajstić information content (AvgIpc) is 2.23. The Morgan fingerprint density at radius 2 is 2.12 bits per heavy atom. The van der Waals surface area contributed by atoms with Gasteiger partial charge in [0.1, 0.15) is 5.82 Å². The molecule has 0 bridgehead atoms. The molecule has 0 aliphatic heterocycles. The summed E-state index contributed by atoms with van der Waals surface area (Å²) in [5, 5.41) is 3.85. The number of rotatable bonds is 3. The number of hydrogen-bond donors (Lipinski definition) is 2. The SMILES string of the molecule is CNC(c1cc(F)c(C)cc1Cl)C1CC(N)C1. The summed E-state index contributed by atoms with van der Waals surface area (Å²) in [6, 6.07) is 3.61. The molecular weight excluding hydrogens is 239 g/mol. The van der Waals surface area contributed by atoms with Gasteiger partial charge in [-0.1, -0.05) is 11.6 Å². The minimum atomic E-state index is -0.201. The van der Waals surface area contributed by atoms with Gasteiger partial charge in [0.2, 0.25) is 0 Å². The second-order valence-corrected chi connectivity index (χ2v) is 5.29. The van der Waals surface area contributed by atoms with Crippen LogP contribution in [0.2, 0.25) is 5.02 Å². The van der Waals surface area contributed by atoms with Crippen LogP contribution in [-0.2, 0) is 0 Å². The van der Waals surface area contributed by atoms with Crippen molar-refractivity contribution in [3.05, 3.63) is 34.1 Å². The topological polar surface area (TPSA) is 38.0 Å². The lowest BCUT2D eigenvalue weighted by atomic mass is 9.74. The molecule has 94 valence electrons. The molecule has 1 saturated carbocycles. The average molecular weight is 257 g/mol. The van der Waals surface area contributed by atoms with Crippen molar-refractivity contribution in [2.75, 3.05) is 7.05 Å². The number of nitrogens with one attached hydrogen (secondary N) is 1. The molecule has 4 heteroatoms. The highest BCUT2D eigenvalue weighted by molar-refractivity contribution is 6.31. The van der Waals surface area contributed by atoms with Crippen molar-refractivity contribution in [1.82, 2.24) is 5.32 Å². The largest absolute Gasteiger partial charge is 0.328 e. The van der Waals surface area contributed by atoms with Gasteiger partial charge in [0.25, 0.3) is 0 Å². The summed E-state index contributed by atoms with van der Waals surface area (Å²) in [6.07, 6.45) is 1.94. The smallest absolute Gasteiger partial charge is 0.126 e. The highest BCUT2D eigenvalue weighted by Gasteiger charge is 2.34. The Morgan fingerprint density at radius 3 is 2.65 bits per heavy atom. The van der Waals surface area contributed by atoms with Gasteiger partial charge in [0, 0.05) is 17.1 Å². The lowest BCUT2D eigenvalue weighted by Crippen LogP contribution is -2.42. The van der Waals surface area contributed by atoms with E-state index in [0.29, 0.717) is 16.5 Å². The lowest BCUT2D eigenvalue weighted by molar-refractivity contribution is 0.204. The molecule has 2 nitrogen and oxygen atoms in total. The molecule has 0 radical (unpaired) electrons. The monoisotopic (exact) mass is 256 g/mol. The molecule has 1 unspecified atom stereocenters. The van der Waals surface area contributed by atoms with E-state index in [2.05, 4.69) is 5.32 Å². The van der Waals surface area contributed by atoms with E-state index in [-0.39, 0.29) is 17.9 Å². The Labute approximate surface area is 106 Å². The zero-order valence-corrected chi connectivity index (χ0v) is 10.9. The molecule has 1 aliphatic rings. The highest BCUT2D eigenvalue weighted by Crippen LogP contribution is 2.39. The summed E-state index contributed by atoms with van der Waals surface area (Å²) < 4.78 is 13.6. The van der Waals surface area contributed by atoms with Crippen LogP contribution < -0.4 is 11.1 Å². The maximum atomic E-state index is 13.6. The Morgan fingerprint density at radius 1 is 1.47 bits per heavy atom. The maximum absolute atomic E-state index is 13.6. The fraction of sp³-hybridized carbons (Fsp3) is 0.538.